The van der Waals surface area contributed by atoms with E-state index in [-0.39, 0.29) is 36.3 Å². The van der Waals surface area contributed by atoms with Gasteiger partial charge in [-0.05, 0) is 59.5 Å². The van der Waals surface area contributed by atoms with Gasteiger partial charge in [0.2, 0.25) is 5.78 Å². The number of halogens is 1. The number of anilines is 1. The van der Waals surface area contributed by atoms with Crippen LogP contribution in [0.4, 0.5) is 5.82 Å². The Morgan fingerprint density at radius 2 is 2.14 bits per heavy atom. The van der Waals surface area contributed by atoms with E-state index in [9.17, 15) is 18.3 Å². The van der Waals surface area contributed by atoms with Crippen molar-refractivity contribution in [3.05, 3.63) is 74.3 Å². The van der Waals surface area contributed by atoms with Crippen LogP contribution in [0.15, 0.2) is 42.2 Å². The van der Waals surface area contributed by atoms with Crippen molar-refractivity contribution in [2.75, 3.05) is 18.9 Å². The second kappa shape index (κ2) is 10.7. The lowest BCUT2D eigenvalue weighted by atomic mass is 9.91. The van der Waals surface area contributed by atoms with Gasteiger partial charge in [-0.25, -0.2) is 9.97 Å². The summed E-state index contributed by atoms with van der Waals surface area (Å²) in [5.41, 5.74) is 3.61. The highest BCUT2D eigenvalue weighted by Crippen LogP contribution is 2.34. The van der Waals surface area contributed by atoms with Crippen molar-refractivity contribution in [1.29, 1.82) is 0 Å². The first-order valence-electron chi connectivity index (χ1n) is 11.8. The van der Waals surface area contributed by atoms with Crippen LogP contribution in [0.2, 0.25) is 5.02 Å². The van der Waals surface area contributed by atoms with E-state index in [0.29, 0.717) is 15.7 Å². The molecule has 2 aliphatic rings. The van der Waals surface area contributed by atoms with Crippen LogP contribution in [-0.4, -0.2) is 61.1 Å². The number of aliphatic hydroxyl groups is 1. The third-order valence-corrected chi connectivity index (χ3v) is 8.79. The van der Waals surface area contributed by atoms with Crippen LogP contribution in [0.25, 0.3) is 0 Å². The number of carbonyl (C=O) groups is 1. The maximum absolute atomic E-state index is 13.5. The summed E-state index contributed by atoms with van der Waals surface area (Å²) < 4.78 is 30.6. The van der Waals surface area contributed by atoms with Crippen molar-refractivity contribution >= 4 is 44.8 Å². The van der Waals surface area contributed by atoms with Crippen LogP contribution in [0.1, 0.15) is 50.8 Å². The SMILES string of the molecule is CNS(=O)(=O)O[C@@H]1C[C@H](Nc2ncncc2C(=O)c2cc(C3NCCc4ccc(Cl)cc43)cs2)C[C@@H]1O. The van der Waals surface area contributed by atoms with Gasteiger partial charge in [0.25, 0.3) is 0 Å². The molecule has 1 saturated carbocycles. The first kappa shape index (κ1) is 26.2. The molecule has 0 spiro atoms. The molecule has 4 atom stereocenters. The number of benzene rings is 1. The van der Waals surface area contributed by atoms with E-state index >= 15 is 0 Å². The zero-order chi connectivity index (χ0) is 26.2. The Kier molecular flexibility index (Phi) is 7.59. The summed E-state index contributed by atoms with van der Waals surface area (Å²) in [6, 6.07) is 7.38. The number of ketones is 1. The number of nitrogens with one attached hydrogen (secondary N) is 3. The van der Waals surface area contributed by atoms with Gasteiger partial charge in [0.15, 0.2) is 0 Å². The summed E-state index contributed by atoms with van der Waals surface area (Å²) in [5, 5.41) is 19.6. The summed E-state index contributed by atoms with van der Waals surface area (Å²) in [4.78, 5) is 22.3. The third kappa shape index (κ3) is 5.70. The molecule has 196 valence electrons. The quantitative estimate of drug-likeness (QED) is 0.304. The predicted molar refractivity (Wildman–Crippen MR) is 140 cm³/mol. The van der Waals surface area contributed by atoms with Gasteiger partial charge >= 0.3 is 10.3 Å². The summed E-state index contributed by atoms with van der Waals surface area (Å²) in [5.74, 6) is 0.0859. The van der Waals surface area contributed by atoms with E-state index in [4.69, 9.17) is 15.8 Å². The van der Waals surface area contributed by atoms with Crippen molar-refractivity contribution < 1.29 is 22.5 Å². The number of hydrogen-bond acceptors (Lipinski definition) is 10. The van der Waals surface area contributed by atoms with Crippen LogP contribution >= 0.6 is 22.9 Å². The number of nitrogens with zero attached hydrogens (tertiary/aromatic N) is 2. The Morgan fingerprint density at radius 3 is 2.95 bits per heavy atom. The van der Waals surface area contributed by atoms with E-state index in [0.717, 1.165) is 24.1 Å². The molecular weight excluding hydrogens is 538 g/mol. The fourth-order valence-corrected chi connectivity index (χ4v) is 6.49. The summed E-state index contributed by atoms with van der Waals surface area (Å²) in [6.45, 7) is 0.826. The average Bonchev–Trinajstić information content (AvgIpc) is 3.50. The minimum absolute atomic E-state index is 0.0596. The fraction of sp³-hybridized carbons (Fsp3) is 0.375. The van der Waals surface area contributed by atoms with Crippen LogP contribution in [0.5, 0.6) is 0 Å². The minimum atomic E-state index is -3.95. The molecule has 37 heavy (non-hydrogen) atoms. The standard InChI is InChI=1S/C24H26ClN5O5S2/c1-26-37(33,34)35-20-9-16(8-19(20)31)30-24-18(10-27-12-29-24)23(32)21-6-14(11-36-21)22-17-7-15(25)3-2-13(17)4-5-28-22/h2-3,6-7,10-12,16,19-20,22,26,28,31H,4-5,8-9H2,1H3,(H,27,29,30)/t16-,19+,20-,22?/m1/s1. The maximum Gasteiger partial charge on any atom is 0.335 e. The molecule has 4 N–H and O–H groups in total. The number of thiophene rings is 1. The highest BCUT2D eigenvalue weighted by molar-refractivity contribution is 7.84. The molecule has 0 radical (unpaired) electrons. The highest BCUT2D eigenvalue weighted by atomic mass is 35.5. The second-order valence-electron chi connectivity index (χ2n) is 9.01. The van der Waals surface area contributed by atoms with E-state index < -0.39 is 22.5 Å². The molecule has 1 aliphatic heterocycles. The molecule has 1 aromatic carbocycles. The van der Waals surface area contributed by atoms with Crippen molar-refractivity contribution in [2.24, 2.45) is 0 Å². The molecule has 1 fully saturated rings. The van der Waals surface area contributed by atoms with E-state index in [1.165, 1.54) is 36.5 Å². The van der Waals surface area contributed by atoms with Gasteiger partial charge < -0.3 is 15.7 Å². The van der Waals surface area contributed by atoms with E-state index in [1.807, 2.05) is 29.6 Å². The topological polar surface area (TPSA) is 143 Å². The Bertz CT molecular complexity index is 1420. The van der Waals surface area contributed by atoms with Crippen molar-refractivity contribution in [2.45, 2.75) is 43.6 Å². The molecule has 2 aromatic heterocycles. The minimum Gasteiger partial charge on any atom is -0.390 e. The van der Waals surface area contributed by atoms with Gasteiger partial charge in [-0.2, -0.15) is 13.1 Å². The fourth-order valence-electron chi connectivity index (χ4n) is 4.79. The molecule has 3 aromatic rings. The molecule has 0 bridgehead atoms. The molecule has 13 heteroatoms. The highest BCUT2D eigenvalue weighted by Gasteiger charge is 2.37. The zero-order valence-electron chi connectivity index (χ0n) is 19.8. The Labute approximate surface area is 223 Å². The van der Waals surface area contributed by atoms with Gasteiger partial charge in [-0.15, -0.1) is 11.3 Å². The maximum atomic E-state index is 13.5. The zero-order valence-corrected chi connectivity index (χ0v) is 22.2. The van der Waals surface area contributed by atoms with Crippen molar-refractivity contribution in [3.63, 3.8) is 0 Å². The molecule has 10 nitrogen and oxygen atoms in total. The molecule has 0 saturated heterocycles. The number of hydrogen-bond donors (Lipinski definition) is 4. The number of aliphatic hydroxyl groups excluding tert-OH is 1. The van der Waals surface area contributed by atoms with Gasteiger partial charge in [0, 0.05) is 30.9 Å². The van der Waals surface area contributed by atoms with Crippen LogP contribution in [-0.2, 0) is 20.9 Å². The molecule has 1 aliphatic carbocycles. The number of carbonyl (C=O) groups excluding carboxylic acids is 1. The molecule has 0 amide bonds. The monoisotopic (exact) mass is 563 g/mol. The first-order chi connectivity index (χ1) is 17.7. The summed E-state index contributed by atoms with van der Waals surface area (Å²) in [6.07, 6.45) is 2.26. The van der Waals surface area contributed by atoms with Crippen LogP contribution in [0, 0.1) is 0 Å². The molecule has 1 unspecified atom stereocenters. The Morgan fingerprint density at radius 1 is 1.30 bits per heavy atom. The first-order valence-corrected chi connectivity index (χ1v) is 14.4. The number of aromatic nitrogens is 2. The van der Waals surface area contributed by atoms with Crippen LogP contribution in [0.3, 0.4) is 0 Å². The second-order valence-corrected chi connectivity index (χ2v) is 11.9. The summed E-state index contributed by atoms with van der Waals surface area (Å²) in [7, 11) is -2.71. The molecule has 5 rings (SSSR count). The van der Waals surface area contributed by atoms with E-state index in [1.54, 1.807) is 0 Å². The third-order valence-electron chi connectivity index (χ3n) is 6.61. The van der Waals surface area contributed by atoms with Gasteiger partial charge in [-0.3, -0.25) is 8.98 Å². The van der Waals surface area contributed by atoms with E-state index in [2.05, 4.69) is 25.3 Å². The lowest BCUT2D eigenvalue weighted by Gasteiger charge is -2.26. The van der Waals surface area contributed by atoms with Crippen molar-refractivity contribution in [1.82, 2.24) is 20.0 Å². The summed E-state index contributed by atoms with van der Waals surface area (Å²) >= 11 is 7.60. The Hall–Kier alpha value is -2.45. The van der Waals surface area contributed by atoms with Gasteiger partial charge in [0.1, 0.15) is 18.2 Å². The lowest BCUT2D eigenvalue weighted by Crippen LogP contribution is -2.31. The number of rotatable bonds is 8. The number of fused-ring (bicyclic) bond motifs is 1. The van der Waals surface area contributed by atoms with Gasteiger partial charge in [0.05, 0.1) is 22.6 Å². The predicted octanol–water partition coefficient (Wildman–Crippen LogP) is 2.44. The normalized spacial score (nSPS) is 23.5. The van der Waals surface area contributed by atoms with Gasteiger partial charge in [-0.1, -0.05) is 17.7 Å². The largest absolute Gasteiger partial charge is 0.390 e. The molecule has 3 heterocycles. The van der Waals surface area contributed by atoms with Crippen LogP contribution < -0.4 is 15.4 Å². The molecular formula is C24H26ClN5O5S2. The lowest BCUT2D eigenvalue weighted by molar-refractivity contribution is 0.0636. The van der Waals surface area contributed by atoms with Crippen molar-refractivity contribution in [3.8, 4) is 0 Å². The smallest absolute Gasteiger partial charge is 0.335 e. The Balaban J connectivity index is 1.33. The average molecular weight is 564 g/mol.